The summed E-state index contributed by atoms with van der Waals surface area (Å²) in [6.45, 7) is 9.02. The van der Waals surface area contributed by atoms with E-state index in [1.165, 1.54) is 83.6 Å². The van der Waals surface area contributed by atoms with Crippen LogP contribution in [0, 0.1) is 6.92 Å². The van der Waals surface area contributed by atoms with Crippen LogP contribution < -0.4 is 15.2 Å². The second kappa shape index (κ2) is 18.5. The van der Waals surface area contributed by atoms with E-state index >= 15 is 0 Å². The first-order chi connectivity index (χ1) is 17.0. The predicted molar refractivity (Wildman–Crippen MR) is 153 cm³/mol. The van der Waals surface area contributed by atoms with Crippen molar-refractivity contribution in [1.29, 1.82) is 0 Å². The molecule has 1 saturated heterocycles. The van der Waals surface area contributed by atoms with E-state index in [2.05, 4.69) is 49.6 Å². The fourth-order valence-corrected chi connectivity index (χ4v) is 4.99. The minimum absolute atomic E-state index is 0. The highest BCUT2D eigenvalue weighted by atomic mass is 79.9. The van der Waals surface area contributed by atoms with Crippen molar-refractivity contribution >= 4 is 15.9 Å². The average molecular weight is 567 g/mol. The van der Waals surface area contributed by atoms with Crippen LogP contribution in [0.25, 0.3) is 0 Å². The SMILES string of the molecule is C.CCCN1CCCC1CC.COc1ccc(Oc2ncnc(C)n2)cc1Br.NC1CCCCCC1. The first-order valence-electron chi connectivity index (χ1n) is 13.1. The molecule has 0 radical (unpaired) electrons. The zero-order chi connectivity index (χ0) is 25.5. The molecule has 1 unspecified atom stereocenters. The molecule has 7 nitrogen and oxygen atoms in total. The fraction of sp³-hybridized carbons (Fsp3) is 0.679. The maximum absolute atomic E-state index is 5.73. The summed E-state index contributed by atoms with van der Waals surface area (Å²) in [7, 11) is 1.61. The molecule has 1 aromatic heterocycles. The van der Waals surface area contributed by atoms with Gasteiger partial charge in [-0.25, -0.2) is 4.98 Å². The normalized spacial score (nSPS) is 18.0. The molecule has 1 aliphatic heterocycles. The van der Waals surface area contributed by atoms with Gasteiger partial charge < -0.3 is 20.1 Å². The molecule has 1 aromatic carbocycles. The van der Waals surface area contributed by atoms with Crippen molar-refractivity contribution in [3.63, 3.8) is 0 Å². The minimum Gasteiger partial charge on any atom is -0.496 e. The molecule has 204 valence electrons. The van der Waals surface area contributed by atoms with Gasteiger partial charge in [-0.15, -0.1) is 0 Å². The molecule has 2 aromatic rings. The Morgan fingerprint density at radius 1 is 1.06 bits per heavy atom. The number of aromatic nitrogens is 3. The Morgan fingerprint density at radius 2 is 1.78 bits per heavy atom. The molecule has 1 atom stereocenters. The summed E-state index contributed by atoms with van der Waals surface area (Å²) in [5.74, 6) is 1.98. The Hall–Kier alpha value is -1.77. The second-order valence-corrected chi connectivity index (χ2v) is 10.1. The van der Waals surface area contributed by atoms with Crippen molar-refractivity contribution in [1.82, 2.24) is 19.9 Å². The van der Waals surface area contributed by atoms with E-state index in [1.807, 2.05) is 0 Å². The van der Waals surface area contributed by atoms with Gasteiger partial charge in [-0.1, -0.05) is 47.0 Å². The van der Waals surface area contributed by atoms with Gasteiger partial charge in [-0.2, -0.15) is 9.97 Å². The topological polar surface area (TPSA) is 86.4 Å². The lowest BCUT2D eigenvalue weighted by Crippen LogP contribution is -2.29. The van der Waals surface area contributed by atoms with E-state index in [0.29, 0.717) is 17.6 Å². The standard InChI is InChI=1S/C11H10BrN3O2.C9H19N.C7H15N.CH4/c1-7-13-6-14-11(15-7)17-8-3-4-10(16-2)9(12)5-8;1-3-7-10-8-5-6-9(10)4-2;8-7-5-3-1-2-4-6-7;/h3-6H,1-2H3;9H,3-8H2,1-2H3;7H,1-6,8H2;1H4. The van der Waals surface area contributed by atoms with Gasteiger partial charge in [0.1, 0.15) is 23.7 Å². The molecule has 0 amide bonds. The van der Waals surface area contributed by atoms with Crippen molar-refractivity contribution in [3.8, 4) is 17.5 Å². The Bertz CT molecular complexity index is 846. The first-order valence-corrected chi connectivity index (χ1v) is 13.9. The molecule has 1 saturated carbocycles. The molecule has 0 bridgehead atoms. The molecule has 1 aliphatic carbocycles. The molecule has 8 heteroatoms. The number of aryl methyl sites for hydroxylation is 1. The quantitative estimate of drug-likeness (QED) is 0.367. The summed E-state index contributed by atoms with van der Waals surface area (Å²) < 4.78 is 11.4. The monoisotopic (exact) mass is 565 g/mol. The van der Waals surface area contributed by atoms with Crippen LogP contribution in [0.2, 0.25) is 0 Å². The van der Waals surface area contributed by atoms with Gasteiger partial charge in [-0.05, 0) is 92.7 Å². The van der Waals surface area contributed by atoms with Crippen LogP contribution in [0.3, 0.4) is 0 Å². The third kappa shape index (κ3) is 12.0. The van der Waals surface area contributed by atoms with Crippen molar-refractivity contribution in [2.45, 2.75) is 104 Å². The number of likely N-dealkylation sites (tertiary alicyclic amines) is 1. The summed E-state index contributed by atoms with van der Waals surface area (Å²) in [5, 5.41) is 0. The predicted octanol–water partition coefficient (Wildman–Crippen LogP) is 7.32. The highest BCUT2D eigenvalue weighted by molar-refractivity contribution is 9.10. The largest absolute Gasteiger partial charge is 0.496 e. The molecule has 2 aliphatic rings. The van der Waals surface area contributed by atoms with E-state index in [1.54, 1.807) is 32.2 Å². The zero-order valence-corrected chi connectivity index (χ0v) is 23.6. The van der Waals surface area contributed by atoms with Gasteiger partial charge in [0.25, 0.3) is 0 Å². The molecular formula is C28H48BrN5O2. The summed E-state index contributed by atoms with van der Waals surface area (Å²) in [5.41, 5.74) is 5.73. The van der Waals surface area contributed by atoms with E-state index < -0.39 is 0 Å². The number of hydrogen-bond donors (Lipinski definition) is 1. The van der Waals surface area contributed by atoms with Crippen LogP contribution in [0.1, 0.15) is 91.3 Å². The maximum atomic E-state index is 5.73. The van der Waals surface area contributed by atoms with Gasteiger partial charge in [-0.3, -0.25) is 0 Å². The smallest absolute Gasteiger partial charge is 0.325 e. The van der Waals surface area contributed by atoms with E-state index in [0.717, 1.165) is 16.3 Å². The third-order valence-corrected chi connectivity index (χ3v) is 7.00. The number of halogens is 1. The third-order valence-electron chi connectivity index (χ3n) is 6.38. The van der Waals surface area contributed by atoms with Crippen molar-refractivity contribution in [3.05, 3.63) is 34.8 Å². The second-order valence-electron chi connectivity index (χ2n) is 9.21. The van der Waals surface area contributed by atoms with Crippen LogP contribution in [0.15, 0.2) is 29.0 Å². The lowest BCUT2D eigenvalue weighted by Gasteiger charge is -2.21. The highest BCUT2D eigenvalue weighted by Crippen LogP contribution is 2.30. The molecule has 36 heavy (non-hydrogen) atoms. The number of methoxy groups -OCH3 is 1. The van der Waals surface area contributed by atoms with E-state index in [9.17, 15) is 0 Å². The average Bonchev–Trinajstić information content (AvgIpc) is 3.16. The molecular weight excluding hydrogens is 518 g/mol. The number of hydrogen-bond acceptors (Lipinski definition) is 7. The van der Waals surface area contributed by atoms with Gasteiger partial charge in [0.15, 0.2) is 0 Å². The Morgan fingerprint density at radius 3 is 2.36 bits per heavy atom. The van der Waals surface area contributed by atoms with Gasteiger partial charge >= 0.3 is 6.01 Å². The first kappa shape index (κ1) is 32.3. The van der Waals surface area contributed by atoms with Crippen molar-refractivity contribution in [2.75, 3.05) is 20.2 Å². The van der Waals surface area contributed by atoms with Gasteiger partial charge in [0.2, 0.25) is 0 Å². The van der Waals surface area contributed by atoms with E-state index in [4.69, 9.17) is 15.2 Å². The van der Waals surface area contributed by atoms with Crippen molar-refractivity contribution in [2.24, 2.45) is 5.73 Å². The zero-order valence-electron chi connectivity index (χ0n) is 22.0. The maximum Gasteiger partial charge on any atom is 0.325 e. The molecule has 0 spiro atoms. The molecule has 4 rings (SSSR count). The Kier molecular flexibility index (Phi) is 16.6. The summed E-state index contributed by atoms with van der Waals surface area (Å²) >= 11 is 3.38. The highest BCUT2D eigenvalue weighted by Gasteiger charge is 2.20. The van der Waals surface area contributed by atoms with E-state index in [-0.39, 0.29) is 13.4 Å². The summed E-state index contributed by atoms with van der Waals surface area (Å²) in [4.78, 5) is 14.5. The minimum atomic E-state index is 0. The summed E-state index contributed by atoms with van der Waals surface area (Å²) in [6, 6.07) is 7.08. The lowest BCUT2D eigenvalue weighted by atomic mass is 10.1. The fourth-order valence-electron chi connectivity index (χ4n) is 4.47. The number of nitrogens with two attached hydrogens (primary N) is 1. The van der Waals surface area contributed by atoms with Crippen LogP contribution in [-0.4, -0.2) is 52.1 Å². The molecule has 2 fully saturated rings. The van der Waals surface area contributed by atoms with Crippen molar-refractivity contribution < 1.29 is 9.47 Å². The number of nitrogens with zero attached hydrogens (tertiary/aromatic N) is 4. The summed E-state index contributed by atoms with van der Waals surface area (Å²) in [6.07, 6.45) is 15.0. The molecule has 2 N–H and O–H groups in total. The van der Waals surface area contributed by atoms with Crippen LogP contribution in [0.4, 0.5) is 0 Å². The Labute approximate surface area is 227 Å². The van der Waals surface area contributed by atoms with Crippen LogP contribution in [-0.2, 0) is 0 Å². The number of ether oxygens (including phenoxy) is 2. The Balaban J connectivity index is 0.000000291. The van der Waals surface area contributed by atoms with Crippen LogP contribution in [0.5, 0.6) is 17.5 Å². The van der Waals surface area contributed by atoms with Gasteiger partial charge in [0, 0.05) is 12.1 Å². The number of rotatable bonds is 6. The number of benzene rings is 1. The van der Waals surface area contributed by atoms with Crippen LogP contribution >= 0.6 is 15.9 Å². The van der Waals surface area contributed by atoms with Gasteiger partial charge in [0.05, 0.1) is 11.6 Å². The lowest BCUT2D eigenvalue weighted by molar-refractivity contribution is 0.249. The molecule has 2 heterocycles.